The van der Waals surface area contributed by atoms with Crippen molar-refractivity contribution in [1.82, 2.24) is 0 Å². The number of anilines is 1. The molecule has 5 nitrogen and oxygen atoms in total. The fourth-order valence-corrected chi connectivity index (χ4v) is 2.41. The predicted octanol–water partition coefficient (Wildman–Crippen LogP) is 4.89. The average Bonchev–Trinajstić information content (AvgIpc) is 2.70. The van der Waals surface area contributed by atoms with E-state index >= 15 is 0 Å². The number of benzene rings is 3. The van der Waals surface area contributed by atoms with Crippen molar-refractivity contribution in [2.75, 3.05) is 12.4 Å². The molecule has 0 spiro atoms. The van der Waals surface area contributed by atoms with Crippen molar-refractivity contribution in [3.63, 3.8) is 0 Å². The minimum absolute atomic E-state index is 0.241. The fraction of sp³-hybridized carbons (Fsp3) is 0.136. The molecule has 0 aliphatic heterocycles. The first-order valence-corrected chi connectivity index (χ1v) is 8.58. The topological polar surface area (TPSA) is 56.8 Å². The van der Waals surface area contributed by atoms with Crippen LogP contribution in [0, 0.1) is 0 Å². The number of carbonyl (C=O) groups is 1. The van der Waals surface area contributed by atoms with Gasteiger partial charge in [-0.25, -0.2) is 0 Å². The molecule has 1 atom stereocenters. The Morgan fingerprint density at radius 2 is 1.44 bits per heavy atom. The molecule has 0 fully saturated rings. The molecule has 0 aromatic heterocycles. The van der Waals surface area contributed by atoms with E-state index in [4.69, 9.17) is 14.2 Å². The molecule has 0 bridgehead atoms. The van der Waals surface area contributed by atoms with Crippen LogP contribution in [-0.2, 0) is 4.79 Å². The van der Waals surface area contributed by atoms with Crippen LogP contribution in [0.2, 0.25) is 0 Å². The zero-order valence-electron chi connectivity index (χ0n) is 15.2. The Morgan fingerprint density at radius 3 is 2.15 bits per heavy atom. The Labute approximate surface area is 158 Å². The molecular formula is C22H21NO4. The third kappa shape index (κ3) is 5.25. The summed E-state index contributed by atoms with van der Waals surface area (Å²) >= 11 is 0. The van der Waals surface area contributed by atoms with Crippen LogP contribution in [0.15, 0.2) is 78.9 Å². The third-order valence-electron chi connectivity index (χ3n) is 3.82. The van der Waals surface area contributed by atoms with E-state index in [1.54, 1.807) is 50.4 Å². The molecule has 3 rings (SSSR count). The van der Waals surface area contributed by atoms with Gasteiger partial charge in [0.05, 0.1) is 7.11 Å². The molecular weight excluding hydrogens is 342 g/mol. The summed E-state index contributed by atoms with van der Waals surface area (Å²) in [5.74, 6) is 2.46. The van der Waals surface area contributed by atoms with Crippen LogP contribution < -0.4 is 19.5 Å². The van der Waals surface area contributed by atoms with Gasteiger partial charge in [-0.15, -0.1) is 0 Å². The standard InChI is InChI=1S/C22H21NO4/c1-16(26-21-10-6-9-20(15-21)25-2)22(24)23-17-11-13-19(14-12-17)27-18-7-4-3-5-8-18/h3-16H,1-2H3,(H,23,24)/t16-/m1/s1. The summed E-state index contributed by atoms with van der Waals surface area (Å²) in [4.78, 5) is 12.3. The second-order valence-electron chi connectivity index (χ2n) is 5.87. The number of amides is 1. The van der Waals surface area contributed by atoms with Crippen LogP contribution in [0.4, 0.5) is 5.69 Å². The molecule has 1 N–H and O–H groups in total. The Kier molecular flexibility index (Phi) is 5.94. The van der Waals surface area contributed by atoms with E-state index in [0.717, 1.165) is 5.75 Å². The van der Waals surface area contributed by atoms with E-state index in [2.05, 4.69) is 5.32 Å². The summed E-state index contributed by atoms with van der Waals surface area (Å²) in [6.45, 7) is 1.70. The number of hydrogen-bond acceptors (Lipinski definition) is 4. The largest absolute Gasteiger partial charge is 0.497 e. The quantitative estimate of drug-likeness (QED) is 0.649. The van der Waals surface area contributed by atoms with Gasteiger partial charge in [0.2, 0.25) is 0 Å². The van der Waals surface area contributed by atoms with Crippen molar-refractivity contribution in [2.24, 2.45) is 0 Å². The zero-order valence-corrected chi connectivity index (χ0v) is 15.2. The number of nitrogens with one attached hydrogen (secondary N) is 1. The van der Waals surface area contributed by atoms with Gasteiger partial charge in [0, 0.05) is 11.8 Å². The lowest BCUT2D eigenvalue weighted by Crippen LogP contribution is -2.30. The first-order valence-electron chi connectivity index (χ1n) is 8.58. The minimum atomic E-state index is -0.655. The summed E-state index contributed by atoms with van der Waals surface area (Å²) in [5.41, 5.74) is 0.668. The molecule has 0 aliphatic carbocycles. The molecule has 0 heterocycles. The van der Waals surface area contributed by atoms with Gasteiger partial charge in [0.1, 0.15) is 23.0 Å². The second kappa shape index (κ2) is 8.76. The highest BCUT2D eigenvalue weighted by Crippen LogP contribution is 2.23. The molecule has 0 unspecified atom stereocenters. The van der Waals surface area contributed by atoms with Crippen molar-refractivity contribution in [1.29, 1.82) is 0 Å². The number of hydrogen-bond donors (Lipinski definition) is 1. The Balaban J connectivity index is 1.56. The first kappa shape index (κ1) is 18.3. The average molecular weight is 363 g/mol. The molecule has 5 heteroatoms. The van der Waals surface area contributed by atoms with Crippen molar-refractivity contribution in [2.45, 2.75) is 13.0 Å². The van der Waals surface area contributed by atoms with Gasteiger partial charge in [-0.2, -0.15) is 0 Å². The fourth-order valence-electron chi connectivity index (χ4n) is 2.41. The molecule has 27 heavy (non-hydrogen) atoms. The van der Waals surface area contributed by atoms with Crippen LogP contribution in [0.1, 0.15) is 6.92 Å². The monoisotopic (exact) mass is 363 g/mol. The maximum atomic E-state index is 12.3. The van der Waals surface area contributed by atoms with Crippen LogP contribution in [0.25, 0.3) is 0 Å². The van der Waals surface area contributed by atoms with Gasteiger partial charge < -0.3 is 19.5 Å². The molecule has 3 aromatic carbocycles. The van der Waals surface area contributed by atoms with Gasteiger partial charge in [-0.1, -0.05) is 24.3 Å². The summed E-state index contributed by atoms with van der Waals surface area (Å²) in [5, 5.41) is 2.83. The first-order chi connectivity index (χ1) is 13.1. The highest BCUT2D eigenvalue weighted by Gasteiger charge is 2.15. The lowest BCUT2D eigenvalue weighted by molar-refractivity contribution is -0.122. The highest BCUT2D eigenvalue weighted by atomic mass is 16.5. The van der Waals surface area contributed by atoms with Crippen molar-refractivity contribution < 1.29 is 19.0 Å². The Hall–Kier alpha value is -3.47. The van der Waals surface area contributed by atoms with Gasteiger partial charge >= 0.3 is 0 Å². The number of rotatable bonds is 7. The normalized spacial score (nSPS) is 11.3. The smallest absolute Gasteiger partial charge is 0.265 e. The molecule has 0 saturated heterocycles. The van der Waals surface area contributed by atoms with Crippen molar-refractivity contribution in [3.8, 4) is 23.0 Å². The number of carbonyl (C=O) groups excluding carboxylic acids is 1. The predicted molar refractivity (Wildman–Crippen MR) is 105 cm³/mol. The van der Waals surface area contributed by atoms with Gasteiger partial charge in [-0.05, 0) is 55.5 Å². The molecule has 3 aromatic rings. The number of methoxy groups -OCH3 is 1. The van der Waals surface area contributed by atoms with E-state index in [1.165, 1.54) is 0 Å². The molecule has 138 valence electrons. The Bertz CT molecular complexity index is 878. The zero-order chi connectivity index (χ0) is 19.1. The van der Waals surface area contributed by atoms with E-state index in [9.17, 15) is 4.79 Å². The Morgan fingerprint density at radius 1 is 0.815 bits per heavy atom. The van der Waals surface area contributed by atoms with Crippen LogP contribution in [0.3, 0.4) is 0 Å². The minimum Gasteiger partial charge on any atom is -0.497 e. The van der Waals surface area contributed by atoms with E-state index < -0.39 is 6.10 Å². The van der Waals surface area contributed by atoms with Crippen LogP contribution >= 0.6 is 0 Å². The second-order valence-corrected chi connectivity index (χ2v) is 5.87. The van der Waals surface area contributed by atoms with Gasteiger partial charge in [0.15, 0.2) is 6.10 Å². The molecule has 0 saturated carbocycles. The molecule has 0 aliphatic rings. The lowest BCUT2D eigenvalue weighted by Gasteiger charge is -2.15. The highest BCUT2D eigenvalue weighted by molar-refractivity contribution is 5.94. The summed E-state index contributed by atoms with van der Waals surface area (Å²) in [6, 6.07) is 23.8. The lowest BCUT2D eigenvalue weighted by atomic mass is 10.2. The summed E-state index contributed by atoms with van der Waals surface area (Å²) in [7, 11) is 1.58. The van der Waals surface area contributed by atoms with Gasteiger partial charge in [-0.3, -0.25) is 4.79 Å². The number of para-hydroxylation sites is 1. The third-order valence-corrected chi connectivity index (χ3v) is 3.82. The molecule has 0 radical (unpaired) electrons. The summed E-state index contributed by atoms with van der Waals surface area (Å²) in [6.07, 6.45) is -0.655. The SMILES string of the molecule is COc1cccc(O[C@H](C)C(=O)Nc2ccc(Oc3ccccc3)cc2)c1. The number of ether oxygens (including phenoxy) is 3. The van der Waals surface area contributed by atoms with Crippen molar-refractivity contribution in [3.05, 3.63) is 78.9 Å². The van der Waals surface area contributed by atoms with E-state index in [-0.39, 0.29) is 5.91 Å². The summed E-state index contributed by atoms with van der Waals surface area (Å²) < 4.78 is 16.6. The van der Waals surface area contributed by atoms with Crippen LogP contribution in [0.5, 0.6) is 23.0 Å². The maximum absolute atomic E-state index is 12.3. The maximum Gasteiger partial charge on any atom is 0.265 e. The van der Waals surface area contributed by atoms with Crippen LogP contribution in [-0.4, -0.2) is 19.1 Å². The van der Waals surface area contributed by atoms with E-state index in [1.807, 2.05) is 42.5 Å². The van der Waals surface area contributed by atoms with Crippen molar-refractivity contribution >= 4 is 11.6 Å². The molecule has 1 amide bonds. The van der Waals surface area contributed by atoms with E-state index in [0.29, 0.717) is 22.9 Å². The van der Waals surface area contributed by atoms with Gasteiger partial charge in [0.25, 0.3) is 5.91 Å².